The number of nitrogens with two attached hydrogens (primary N) is 1. The van der Waals surface area contributed by atoms with Gasteiger partial charge >= 0.3 is 5.97 Å². The van der Waals surface area contributed by atoms with E-state index in [1.807, 2.05) is 0 Å². The molecule has 0 amide bonds. The van der Waals surface area contributed by atoms with Crippen LogP contribution in [0.15, 0.2) is 27.3 Å². The third-order valence-electron chi connectivity index (χ3n) is 2.24. The van der Waals surface area contributed by atoms with Gasteiger partial charge in [-0.2, -0.15) is 0 Å². The van der Waals surface area contributed by atoms with Crippen LogP contribution < -0.4 is 5.73 Å². The number of hydrogen-bond acceptors (Lipinski definition) is 6. The minimum Gasteiger partial charge on any atom is -0.455 e. The lowest BCUT2D eigenvalue weighted by Gasteiger charge is -2.04. The van der Waals surface area contributed by atoms with Gasteiger partial charge in [0.2, 0.25) is 0 Å². The zero-order valence-electron chi connectivity index (χ0n) is 9.51. The quantitative estimate of drug-likeness (QED) is 0.689. The van der Waals surface area contributed by atoms with Crippen molar-refractivity contribution < 1.29 is 14.2 Å². The van der Waals surface area contributed by atoms with Crippen molar-refractivity contribution in [3.8, 4) is 0 Å². The molecule has 0 aliphatic rings. The summed E-state index contributed by atoms with van der Waals surface area (Å²) < 4.78 is 10.3. The predicted molar refractivity (Wildman–Crippen MR) is 66.7 cm³/mol. The summed E-state index contributed by atoms with van der Waals surface area (Å²) in [6.07, 6.45) is 0. The van der Waals surface area contributed by atoms with E-state index in [4.69, 9.17) is 10.5 Å². The Labute approximate surface area is 111 Å². The molecule has 18 heavy (non-hydrogen) atoms. The monoisotopic (exact) mass is 311 g/mol. The van der Waals surface area contributed by atoms with Gasteiger partial charge in [0, 0.05) is 10.2 Å². The Morgan fingerprint density at radius 2 is 2.22 bits per heavy atom. The summed E-state index contributed by atoms with van der Waals surface area (Å²) in [6.45, 7) is 1.73. The van der Waals surface area contributed by atoms with Gasteiger partial charge in [0.15, 0.2) is 0 Å². The number of nitrogens with zero attached hydrogens (tertiary/aromatic N) is 2. The van der Waals surface area contributed by atoms with Gasteiger partial charge in [-0.25, -0.2) is 9.42 Å². The Hall–Kier alpha value is -1.89. The number of halogens is 1. The number of carbonyl (C=O) groups excluding carboxylic acids is 1. The molecule has 0 aliphatic heterocycles. The largest absolute Gasteiger partial charge is 0.455 e. The number of ether oxygens (including phenoxy) is 1. The lowest BCUT2D eigenvalue weighted by atomic mass is 10.2. The van der Waals surface area contributed by atoms with Crippen LogP contribution >= 0.6 is 15.9 Å². The van der Waals surface area contributed by atoms with Gasteiger partial charge in [0.1, 0.15) is 18.0 Å². The highest BCUT2D eigenvalue weighted by atomic mass is 79.9. The Bertz CT molecular complexity index is 562. The number of anilines is 1. The summed E-state index contributed by atoms with van der Waals surface area (Å²) in [4.78, 5) is 11.8. The van der Waals surface area contributed by atoms with Crippen molar-refractivity contribution in [1.82, 2.24) is 10.3 Å². The summed E-state index contributed by atoms with van der Waals surface area (Å²) >= 11 is 3.26. The zero-order chi connectivity index (χ0) is 13.1. The molecule has 1 heterocycles. The van der Waals surface area contributed by atoms with E-state index >= 15 is 0 Å². The van der Waals surface area contributed by atoms with Gasteiger partial charge < -0.3 is 10.5 Å². The van der Waals surface area contributed by atoms with Crippen LogP contribution in [0.4, 0.5) is 5.69 Å². The van der Waals surface area contributed by atoms with Crippen LogP contribution in [0.3, 0.4) is 0 Å². The van der Waals surface area contributed by atoms with Crippen LogP contribution in [0.2, 0.25) is 0 Å². The highest BCUT2D eigenvalue weighted by Crippen LogP contribution is 2.18. The molecule has 0 fully saturated rings. The fourth-order valence-electron chi connectivity index (χ4n) is 1.33. The average Bonchev–Trinajstić information content (AvgIpc) is 2.70. The maximum Gasteiger partial charge on any atom is 0.338 e. The Morgan fingerprint density at radius 3 is 2.83 bits per heavy atom. The third kappa shape index (κ3) is 2.86. The average molecular weight is 312 g/mol. The summed E-state index contributed by atoms with van der Waals surface area (Å²) in [5, 5.41) is 7.21. The second kappa shape index (κ2) is 5.18. The number of aryl methyl sites for hydroxylation is 1. The van der Waals surface area contributed by atoms with E-state index in [1.54, 1.807) is 25.1 Å². The molecular weight excluding hydrogens is 302 g/mol. The predicted octanol–water partition coefficient (Wildman–Crippen LogP) is 2.08. The van der Waals surface area contributed by atoms with Crippen LogP contribution in [0.5, 0.6) is 0 Å². The van der Waals surface area contributed by atoms with E-state index in [0.29, 0.717) is 27.1 Å². The van der Waals surface area contributed by atoms with E-state index in [0.717, 1.165) is 0 Å². The van der Waals surface area contributed by atoms with Crippen molar-refractivity contribution >= 4 is 27.6 Å². The molecule has 0 saturated carbocycles. The molecule has 0 atom stereocenters. The fraction of sp³-hybridized carbons (Fsp3) is 0.182. The molecule has 0 spiro atoms. The number of benzene rings is 1. The first-order valence-corrected chi connectivity index (χ1v) is 5.87. The third-order valence-corrected chi connectivity index (χ3v) is 2.70. The molecule has 6 nitrogen and oxygen atoms in total. The molecule has 1 aromatic heterocycles. The highest BCUT2D eigenvalue weighted by molar-refractivity contribution is 9.10. The first-order chi connectivity index (χ1) is 8.56. The molecule has 1 aromatic carbocycles. The van der Waals surface area contributed by atoms with Crippen molar-refractivity contribution in [2.45, 2.75) is 13.5 Å². The number of carbonyl (C=O) groups is 1. The number of aromatic nitrogens is 2. The van der Waals surface area contributed by atoms with Crippen molar-refractivity contribution in [1.29, 1.82) is 0 Å². The molecule has 0 saturated heterocycles. The first-order valence-electron chi connectivity index (χ1n) is 5.07. The molecular formula is C11H10BrN3O3. The Morgan fingerprint density at radius 1 is 1.44 bits per heavy atom. The zero-order valence-corrected chi connectivity index (χ0v) is 11.1. The van der Waals surface area contributed by atoms with E-state index in [1.165, 1.54) is 0 Å². The standard InChI is InChI=1S/C11H10BrN3O3/c1-6-10(15-18-14-6)5-17-11(16)7-2-8(12)4-9(13)3-7/h2-4H,5,13H2,1H3. The van der Waals surface area contributed by atoms with Gasteiger partial charge in [-0.1, -0.05) is 26.2 Å². The molecule has 0 bridgehead atoms. The molecule has 94 valence electrons. The second-order valence-corrected chi connectivity index (χ2v) is 4.56. The minimum atomic E-state index is -0.481. The number of esters is 1. The molecule has 0 unspecified atom stereocenters. The normalized spacial score (nSPS) is 10.3. The molecule has 7 heteroatoms. The number of hydrogen-bond donors (Lipinski definition) is 1. The van der Waals surface area contributed by atoms with E-state index < -0.39 is 5.97 Å². The summed E-state index contributed by atoms with van der Waals surface area (Å²) in [5.41, 5.74) is 7.58. The van der Waals surface area contributed by atoms with E-state index in [2.05, 4.69) is 30.9 Å². The van der Waals surface area contributed by atoms with Crippen LogP contribution in [-0.2, 0) is 11.3 Å². The van der Waals surface area contributed by atoms with Crippen LogP contribution in [0, 0.1) is 6.92 Å². The molecule has 2 N–H and O–H groups in total. The molecule has 2 aromatic rings. The number of nitrogen functional groups attached to an aromatic ring is 1. The van der Waals surface area contributed by atoms with E-state index in [9.17, 15) is 4.79 Å². The van der Waals surface area contributed by atoms with Gasteiger partial charge in [-0.15, -0.1) is 0 Å². The van der Waals surface area contributed by atoms with Crippen molar-refractivity contribution in [3.05, 3.63) is 39.6 Å². The molecule has 2 rings (SSSR count). The summed E-state index contributed by atoms with van der Waals surface area (Å²) in [5.74, 6) is -0.481. The smallest absolute Gasteiger partial charge is 0.338 e. The first kappa shape index (κ1) is 12.6. The molecule has 0 aliphatic carbocycles. The summed E-state index contributed by atoms with van der Waals surface area (Å²) in [7, 11) is 0. The van der Waals surface area contributed by atoms with Crippen LogP contribution in [-0.4, -0.2) is 16.3 Å². The highest BCUT2D eigenvalue weighted by Gasteiger charge is 2.12. The maximum atomic E-state index is 11.8. The SMILES string of the molecule is Cc1nonc1COC(=O)c1cc(N)cc(Br)c1. The van der Waals surface area contributed by atoms with Gasteiger partial charge in [-0.05, 0) is 25.1 Å². The van der Waals surface area contributed by atoms with Crippen LogP contribution in [0.1, 0.15) is 21.7 Å². The van der Waals surface area contributed by atoms with E-state index in [-0.39, 0.29) is 6.61 Å². The second-order valence-electron chi connectivity index (χ2n) is 3.65. The van der Waals surface area contributed by atoms with Crippen molar-refractivity contribution in [3.63, 3.8) is 0 Å². The topological polar surface area (TPSA) is 91.2 Å². The summed E-state index contributed by atoms with van der Waals surface area (Å²) in [6, 6.07) is 4.87. The number of rotatable bonds is 3. The van der Waals surface area contributed by atoms with Crippen molar-refractivity contribution in [2.75, 3.05) is 5.73 Å². The van der Waals surface area contributed by atoms with Crippen molar-refractivity contribution in [2.24, 2.45) is 0 Å². The Kier molecular flexibility index (Phi) is 3.61. The Balaban J connectivity index is 2.06. The van der Waals surface area contributed by atoms with Gasteiger partial charge in [-0.3, -0.25) is 0 Å². The molecule has 0 radical (unpaired) electrons. The lowest BCUT2D eigenvalue weighted by Crippen LogP contribution is -2.06. The maximum absolute atomic E-state index is 11.8. The lowest BCUT2D eigenvalue weighted by molar-refractivity contribution is 0.0463. The fourth-order valence-corrected chi connectivity index (χ4v) is 1.84. The van der Waals surface area contributed by atoms with Gasteiger partial charge in [0.25, 0.3) is 0 Å². The van der Waals surface area contributed by atoms with Gasteiger partial charge in [0.05, 0.1) is 5.56 Å². The van der Waals surface area contributed by atoms with Crippen LogP contribution in [0.25, 0.3) is 0 Å². The minimum absolute atomic E-state index is 0.0145.